The second kappa shape index (κ2) is 11.3. The Kier molecular flexibility index (Phi) is 9.84. The lowest BCUT2D eigenvalue weighted by atomic mass is 10.1. The van der Waals surface area contributed by atoms with Gasteiger partial charge in [-0.15, -0.1) is 11.6 Å². The van der Waals surface area contributed by atoms with Gasteiger partial charge < -0.3 is 0 Å². The molecule has 0 saturated heterocycles. The highest BCUT2D eigenvalue weighted by atomic mass is 35.5. The minimum absolute atomic E-state index is 0.0361. The van der Waals surface area contributed by atoms with Crippen LogP contribution in [0.1, 0.15) is 46.5 Å². The Balaban J connectivity index is 2.72. The predicted octanol–water partition coefficient (Wildman–Crippen LogP) is 6.10. The van der Waals surface area contributed by atoms with Crippen molar-refractivity contribution in [1.82, 2.24) is 0 Å². The molecule has 0 amide bonds. The molecule has 1 rings (SSSR count). The van der Waals surface area contributed by atoms with E-state index in [0.29, 0.717) is 17.2 Å². The molecule has 0 spiro atoms. The average molecular weight is 381 g/mol. The molecule has 1 aromatic rings. The van der Waals surface area contributed by atoms with Gasteiger partial charge in [0, 0.05) is 5.88 Å². The van der Waals surface area contributed by atoms with Crippen LogP contribution in [-0.2, 0) is 9.84 Å². The fraction of sp³-hybridized carbons (Fsp3) is 0.429. The zero-order chi connectivity index (χ0) is 18.7. The summed E-state index contributed by atoms with van der Waals surface area (Å²) >= 11 is 5.85. The van der Waals surface area contributed by atoms with Gasteiger partial charge >= 0.3 is 0 Å². The Labute approximate surface area is 158 Å². The van der Waals surface area contributed by atoms with Gasteiger partial charge in [0.25, 0.3) is 0 Å². The smallest absolute Gasteiger partial charge is 0.182 e. The van der Waals surface area contributed by atoms with Gasteiger partial charge in [0.1, 0.15) is 0 Å². The third-order valence-corrected chi connectivity index (χ3v) is 5.79. The third kappa shape index (κ3) is 9.08. The Morgan fingerprint density at radius 3 is 2.28 bits per heavy atom. The molecule has 25 heavy (non-hydrogen) atoms. The van der Waals surface area contributed by atoms with E-state index in [4.69, 9.17) is 11.6 Å². The van der Waals surface area contributed by atoms with E-state index in [1.165, 1.54) is 11.1 Å². The summed E-state index contributed by atoms with van der Waals surface area (Å²) in [4.78, 5) is 0.365. The number of hydrogen-bond donors (Lipinski definition) is 0. The molecule has 0 aliphatic heterocycles. The molecule has 0 fully saturated rings. The van der Waals surface area contributed by atoms with Gasteiger partial charge in [-0.1, -0.05) is 53.1 Å². The molecular weight excluding hydrogens is 352 g/mol. The highest BCUT2D eigenvalue weighted by molar-refractivity contribution is 7.91. The zero-order valence-electron chi connectivity index (χ0n) is 15.5. The van der Waals surface area contributed by atoms with Gasteiger partial charge in [0.2, 0.25) is 0 Å². The average Bonchev–Trinajstić information content (AvgIpc) is 2.55. The zero-order valence-corrected chi connectivity index (χ0v) is 17.0. The molecule has 0 saturated carbocycles. The molecule has 1 aromatic carbocycles. The van der Waals surface area contributed by atoms with Crippen LogP contribution in [0.25, 0.3) is 0 Å². The number of halogens is 1. The van der Waals surface area contributed by atoms with E-state index >= 15 is 0 Å². The van der Waals surface area contributed by atoms with Gasteiger partial charge in [-0.2, -0.15) is 0 Å². The first-order valence-corrected chi connectivity index (χ1v) is 10.8. The van der Waals surface area contributed by atoms with E-state index in [9.17, 15) is 8.42 Å². The van der Waals surface area contributed by atoms with Crippen LogP contribution in [0, 0.1) is 0 Å². The van der Waals surface area contributed by atoms with Crippen molar-refractivity contribution >= 4 is 21.4 Å². The summed E-state index contributed by atoms with van der Waals surface area (Å²) in [6.45, 7) is 6.33. The molecule has 0 unspecified atom stereocenters. The summed E-state index contributed by atoms with van der Waals surface area (Å²) in [5.41, 5.74) is 3.54. The normalized spacial score (nSPS) is 13.0. The van der Waals surface area contributed by atoms with Gasteiger partial charge in [-0.25, -0.2) is 8.42 Å². The summed E-state index contributed by atoms with van der Waals surface area (Å²) in [5.74, 6) is 0.466. The molecule has 0 bridgehead atoms. The number of rotatable bonds is 10. The van der Waals surface area contributed by atoms with Gasteiger partial charge in [-0.3, -0.25) is 0 Å². The standard InChI is InChI=1S/C21H29ClO2S/c1-18(2)9-7-10-19(3)11-8-12-20(15-16-22)17-25(23,24)21-13-5-4-6-14-21/h4-6,9,11-14H,7-8,10,15-17H2,1-3H3/b19-11-,20-12+. The first-order valence-electron chi connectivity index (χ1n) is 8.66. The van der Waals surface area contributed by atoms with Crippen LogP contribution in [-0.4, -0.2) is 20.1 Å². The fourth-order valence-electron chi connectivity index (χ4n) is 2.43. The van der Waals surface area contributed by atoms with Crippen LogP contribution in [0.4, 0.5) is 0 Å². The van der Waals surface area contributed by atoms with Crippen molar-refractivity contribution in [2.75, 3.05) is 11.6 Å². The maximum atomic E-state index is 12.5. The minimum atomic E-state index is -3.31. The molecule has 0 atom stereocenters. The number of benzene rings is 1. The number of sulfone groups is 1. The maximum Gasteiger partial charge on any atom is 0.182 e. The lowest BCUT2D eigenvalue weighted by Gasteiger charge is -2.08. The Morgan fingerprint density at radius 1 is 1.00 bits per heavy atom. The van der Waals surface area contributed by atoms with E-state index in [-0.39, 0.29) is 5.75 Å². The minimum Gasteiger partial charge on any atom is -0.223 e. The molecule has 0 aliphatic rings. The molecular formula is C21H29ClO2S. The highest BCUT2D eigenvalue weighted by Crippen LogP contribution is 2.17. The van der Waals surface area contributed by atoms with Crippen LogP contribution >= 0.6 is 11.6 Å². The van der Waals surface area contributed by atoms with Crippen LogP contribution in [0.5, 0.6) is 0 Å². The molecule has 0 aliphatic carbocycles. The van der Waals surface area contributed by atoms with Crippen molar-refractivity contribution in [3.8, 4) is 0 Å². The predicted molar refractivity (Wildman–Crippen MR) is 109 cm³/mol. The van der Waals surface area contributed by atoms with E-state index in [1.807, 2.05) is 12.1 Å². The van der Waals surface area contributed by atoms with Crippen LogP contribution < -0.4 is 0 Å². The lowest BCUT2D eigenvalue weighted by molar-refractivity contribution is 0.597. The Hall–Kier alpha value is -1.32. The van der Waals surface area contributed by atoms with E-state index < -0.39 is 9.84 Å². The molecule has 0 radical (unpaired) electrons. The van der Waals surface area contributed by atoms with Crippen molar-refractivity contribution in [3.63, 3.8) is 0 Å². The Morgan fingerprint density at radius 2 is 1.68 bits per heavy atom. The third-order valence-electron chi connectivity index (χ3n) is 3.86. The number of allylic oxidation sites excluding steroid dienone is 5. The monoisotopic (exact) mass is 380 g/mol. The highest BCUT2D eigenvalue weighted by Gasteiger charge is 2.15. The summed E-state index contributed by atoms with van der Waals surface area (Å²) in [5, 5.41) is 0. The second-order valence-corrected chi connectivity index (χ2v) is 8.85. The van der Waals surface area contributed by atoms with Crippen molar-refractivity contribution in [3.05, 3.63) is 65.3 Å². The number of alkyl halides is 1. The molecule has 138 valence electrons. The first kappa shape index (κ1) is 21.7. The lowest BCUT2D eigenvalue weighted by Crippen LogP contribution is -2.09. The Bertz CT molecular complexity index is 710. The number of hydrogen-bond acceptors (Lipinski definition) is 2. The van der Waals surface area contributed by atoms with Crippen molar-refractivity contribution in [1.29, 1.82) is 0 Å². The molecule has 0 N–H and O–H groups in total. The van der Waals surface area contributed by atoms with E-state index in [0.717, 1.165) is 24.8 Å². The summed E-state index contributed by atoms with van der Waals surface area (Å²) in [7, 11) is -3.31. The molecule has 0 heterocycles. The van der Waals surface area contributed by atoms with Crippen molar-refractivity contribution < 1.29 is 8.42 Å². The molecule has 0 aromatic heterocycles. The topological polar surface area (TPSA) is 34.1 Å². The molecule has 2 nitrogen and oxygen atoms in total. The first-order chi connectivity index (χ1) is 11.8. The van der Waals surface area contributed by atoms with Crippen molar-refractivity contribution in [2.24, 2.45) is 0 Å². The van der Waals surface area contributed by atoms with Crippen LogP contribution in [0.15, 0.2) is 70.2 Å². The van der Waals surface area contributed by atoms with Crippen LogP contribution in [0.2, 0.25) is 0 Å². The largest absolute Gasteiger partial charge is 0.223 e. The van der Waals surface area contributed by atoms with E-state index in [1.54, 1.807) is 24.3 Å². The second-order valence-electron chi connectivity index (χ2n) is 6.48. The fourth-order valence-corrected chi connectivity index (χ4v) is 4.16. The summed E-state index contributed by atoms with van der Waals surface area (Å²) in [6.07, 6.45) is 9.83. The van der Waals surface area contributed by atoms with Gasteiger partial charge in [-0.05, 0) is 58.6 Å². The van der Waals surface area contributed by atoms with E-state index in [2.05, 4.69) is 32.9 Å². The van der Waals surface area contributed by atoms with Gasteiger partial charge in [0.05, 0.1) is 10.6 Å². The van der Waals surface area contributed by atoms with Crippen molar-refractivity contribution in [2.45, 2.75) is 51.3 Å². The van der Waals surface area contributed by atoms with Crippen LogP contribution in [0.3, 0.4) is 0 Å². The quantitative estimate of drug-likeness (QED) is 0.363. The molecule has 4 heteroatoms. The SMILES string of the molecule is CC(C)=CCC/C(C)=C\C/C=C(\CCCl)CS(=O)(=O)c1ccccc1. The summed E-state index contributed by atoms with van der Waals surface area (Å²) < 4.78 is 25.0. The summed E-state index contributed by atoms with van der Waals surface area (Å²) in [6, 6.07) is 8.59. The maximum absolute atomic E-state index is 12.5. The van der Waals surface area contributed by atoms with Gasteiger partial charge in [0.15, 0.2) is 9.84 Å².